The maximum atomic E-state index is 13.7. The molecule has 31 heavy (non-hydrogen) atoms. The highest BCUT2D eigenvalue weighted by atomic mass is 16.2. The lowest BCUT2D eigenvalue weighted by atomic mass is 9.76. The first-order valence-corrected chi connectivity index (χ1v) is 10.8. The van der Waals surface area contributed by atoms with E-state index in [2.05, 4.69) is 31.3 Å². The molecule has 3 unspecified atom stereocenters. The smallest absolute Gasteiger partial charge is 0.273 e. The van der Waals surface area contributed by atoms with E-state index in [9.17, 15) is 4.79 Å². The molecule has 3 atom stereocenters. The Bertz CT molecular complexity index is 1080. The molecule has 1 saturated carbocycles. The van der Waals surface area contributed by atoms with Crippen LogP contribution in [0.15, 0.2) is 49.1 Å². The van der Waals surface area contributed by atoms with E-state index >= 15 is 0 Å². The third-order valence-electron chi connectivity index (χ3n) is 6.32. The zero-order valence-corrected chi connectivity index (χ0v) is 17.8. The van der Waals surface area contributed by atoms with Crippen molar-refractivity contribution >= 4 is 11.7 Å². The summed E-state index contributed by atoms with van der Waals surface area (Å²) in [5, 5.41) is 3.58. The van der Waals surface area contributed by atoms with Crippen molar-refractivity contribution in [2.75, 3.05) is 11.9 Å². The fourth-order valence-electron chi connectivity index (χ4n) is 4.75. The highest BCUT2D eigenvalue weighted by Gasteiger charge is 2.43. The van der Waals surface area contributed by atoms with Crippen molar-refractivity contribution in [3.8, 4) is 11.4 Å². The Morgan fingerprint density at radius 3 is 2.55 bits per heavy atom. The molecule has 1 N–H and O–H groups in total. The minimum atomic E-state index is -0.0437. The largest absolute Gasteiger partial charge is 0.365 e. The normalized spacial score (nSPS) is 22.4. The Labute approximate surface area is 182 Å². The van der Waals surface area contributed by atoms with Gasteiger partial charge in [0.05, 0.1) is 11.6 Å². The Balaban J connectivity index is 1.42. The number of amides is 1. The van der Waals surface area contributed by atoms with Gasteiger partial charge in [0.2, 0.25) is 0 Å². The Hall–Kier alpha value is -3.35. The van der Waals surface area contributed by atoms with Gasteiger partial charge in [-0.1, -0.05) is 6.07 Å². The predicted octanol–water partition coefficient (Wildman–Crippen LogP) is 3.66. The van der Waals surface area contributed by atoms with Crippen LogP contribution in [0.25, 0.3) is 11.4 Å². The average Bonchev–Trinajstić information content (AvgIpc) is 2.81. The number of aryl methyl sites for hydroxylation is 2. The Kier molecular flexibility index (Phi) is 5.10. The summed E-state index contributed by atoms with van der Waals surface area (Å²) < 4.78 is 0. The van der Waals surface area contributed by atoms with Crippen LogP contribution in [-0.4, -0.2) is 49.4 Å². The first-order valence-electron chi connectivity index (χ1n) is 10.8. The van der Waals surface area contributed by atoms with Gasteiger partial charge in [-0.3, -0.25) is 9.78 Å². The summed E-state index contributed by atoms with van der Waals surface area (Å²) in [6.45, 7) is 4.75. The van der Waals surface area contributed by atoms with Crippen LogP contribution in [0.2, 0.25) is 0 Å². The van der Waals surface area contributed by atoms with Gasteiger partial charge in [0.25, 0.3) is 5.91 Å². The molecule has 1 amide bonds. The molecule has 2 saturated heterocycles. The summed E-state index contributed by atoms with van der Waals surface area (Å²) in [6.07, 6.45) is 10.3. The van der Waals surface area contributed by atoms with E-state index in [0.29, 0.717) is 23.0 Å². The molecular formula is C24H26N6O. The van der Waals surface area contributed by atoms with Gasteiger partial charge in [-0.2, -0.15) is 0 Å². The zero-order chi connectivity index (χ0) is 21.4. The highest BCUT2D eigenvalue weighted by Crippen LogP contribution is 2.37. The van der Waals surface area contributed by atoms with Gasteiger partial charge < -0.3 is 10.2 Å². The standard InChI is InChI=1S/C24H26N6O/c1-15-5-8-21(26-11-15)29-19-10-17-6-7-20(19)30(14-17)24(31)22-18(4-3-9-25-22)23-27-12-16(2)13-28-23/h3-5,8-9,11-13,17,19-20H,6-7,10,14H2,1-2H3,(H,26,29). The molecule has 1 aliphatic carbocycles. The van der Waals surface area contributed by atoms with Crippen molar-refractivity contribution in [2.24, 2.45) is 5.92 Å². The van der Waals surface area contributed by atoms with Gasteiger partial charge >= 0.3 is 0 Å². The molecule has 3 fully saturated rings. The van der Waals surface area contributed by atoms with E-state index in [-0.39, 0.29) is 18.0 Å². The summed E-state index contributed by atoms with van der Waals surface area (Å²) in [7, 11) is 0. The van der Waals surface area contributed by atoms with E-state index < -0.39 is 0 Å². The zero-order valence-electron chi connectivity index (χ0n) is 17.8. The number of carbonyl (C=O) groups is 1. The molecule has 0 spiro atoms. The second-order valence-corrected chi connectivity index (χ2v) is 8.66. The molecule has 0 radical (unpaired) electrons. The Morgan fingerprint density at radius 1 is 1.00 bits per heavy atom. The number of aromatic nitrogens is 4. The summed E-state index contributed by atoms with van der Waals surface area (Å²) in [4.78, 5) is 33.5. The highest BCUT2D eigenvalue weighted by molar-refractivity contribution is 5.98. The predicted molar refractivity (Wildman–Crippen MR) is 119 cm³/mol. The monoisotopic (exact) mass is 414 g/mol. The molecule has 7 heteroatoms. The van der Waals surface area contributed by atoms with E-state index in [0.717, 1.165) is 42.8 Å². The number of pyridine rings is 2. The summed E-state index contributed by atoms with van der Waals surface area (Å²) in [6, 6.07) is 8.07. The van der Waals surface area contributed by atoms with Crippen LogP contribution in [0.3, 0.4) is 0 Å². The number of rotatable bonds is 4. The maximum Gasteiger partial charge on any atom is 0.273 e. The summed E-state index contributed by atoms with van der Waals surface area (Å²) in [5.74, 6) is 1.84. The summed E-state index contributed by atoms with van der Waals surface area (Å²) in [5.41, 5.74) is 3.21. The van der Waals surface area contributed by atoms with Crippen molar-refractivity contribution in [1.82, 2.24) is 24.8 Å². The van der Waals surface area contributed by atoms with Crippen LogP contribution in [-0.2, 0) is 0 Å². The van der Waals surface area contributed by atoms with Crippen LogP contribution >= 0.6 is 0 Å². The number of nitrogens with zero attached hydrogens (tertiary/aromatic N) is 5. The second kappa shape index (κ2) is 8.06. The van der Waals surface area contributed by atoms with Gasteiger partial charge in [-0.05, 0) is 68.4 Å². The number of nitrogens with one attached hydrogen (secondary N) is 1. The van der Waals surface area contributed by atoms with Gasteiger partial charge in [0.15, 0.2) is 5.82 Å². The van der Waals surface area contributed by atoms with E-state index in [4.69, 9.17) is 0 Å². The lowest BCUT2D eigenvalue weighted by Gasteiger charge is -2.50. The van der Waals surface area contributed by atoms with Gasteiger partial charge in [0, 0.05) is 37.4 Å². The van der Waals surface area contributed by atoms with Crippen molar-refractivity contribution in [3.63, 3.8) is 0 Å². The molecule has 6 rings (SSSR count). The molecular weight excluding hydrogens is 388 g/mol. The van der Waals surface area contributed by atoms with Crippen LogP contribution in [0.1, 0.15) is 40.9 Å². The minimum absolute atomic E-state index is 0.0437. The fourth-order valence-corrected chi connectivity index (χ4v) is 4.75. The molecule has 3 aliphatic rings. The van der Waals surface area contributed by atoms with Crippen molar-refractivity contribution in [1.29, 1.82) is 0 Å². The van der Waals surface area contributed by atoms with E-state index in [1.807, 2.05) is 43.1 Å². The third kappa shape index (κ3) is 3.87. The van der Waals surface area contributed by atoms with Crippen molar-refractivity contribution in [2.45, 2.75) is 45.2 Å². The van der Waals surface area contributed by atoms with Gasteiger partial charge in [-0.15, -0.1) is 0 Å². The number of hydrogen-bond donors (Lipinski definition) is 1. The fraction of sp³-hybridized carbons (Fsp3) is 0.375. The first kappa shape index (κ1) is 19.6. The second-order valence-electron chi connectivity index (χ2n) is 8.66. The molecule has 3 aromatic rings. The first-order chi connectivity index (χ1) is 15.1. The lowest BCUT2D eigenvalue weighted by molar-refractivity contribution is 0.0277. The van der Waals surface area contributed by atoms with Crippen molar-refractivity contribution in [3.05, 3.63) is 65.9 Å². The molecule has 5 heterocycles. The number of hydrogen-bond acceptors (Lipinski definition) is 6. The van der Waals surface area contributed by atoms with Gasteiger partial charge in [-0.25, -0.2) is 15.0 Å². The average molecular weight is 415 g/mol. The Morgan fingerprint density at radius 2 is 1.81 bits per heavy atom. The summed E-state index contributed by atoms with van der Waals surface area (Å²) >= 11 is 0. The molecule has 7 nitrogen and oxygen atoms in total. The van der Waals surface area contributed by atoms with Crippen LogP contribution in [0.5, 0.6) is 0 Å². The molecule has 2 bridgehead atoms. The van der Waals surface area contributed by atoms with Crippen molar-refractivity contribution < 1.29 is 4.79 Å². The molecule has 158 valence electrons. The third-order valence-corrected chi connectivity index (χ3v) is 6.32. The molecule has 2 aliphatic heterocycles. The minimum Gasteiger partial charge on any atom is -0.365 e. The number of carbonyl (C=O) groups excluding carboxylic acids is 1. The van der Waals surface area contributed by atoms with Crippen LogP contribution in [0, 0.1) is 19.8 Å². The topological polar surface area (TPSA) is 83.9 Å². The van der Waals surface area contributed by atoms with E-state index in [1.165, 1.54) is 0 Å². The lowest BCUT2D eigenvalue weighted by Crippen LogP contribution is -2.60. The number of anilines is 1. The van der Waals surface area contributed by atoms with Crippen LogP contribution in [0.4, 0.5) is 5.82 Å². The van der Waals surface area contributed by atoms with Crippen LogP contribution < -0.4 is 5.32 Å². The molecule has 3 aromatic heterocycles. The number of fused-ring (bicyclic) bond motifs is 3. The van der Waals surface area contributed by atoms with E-state index in [1.54, 1.807) is 18.6 Å². The maximum absolute atomic E-state index is 13.7. The molecule has 0 aromatic carbocycles. The number of piperidine rings is 2. The quantitative estimate of drug-likeness (QED) is 0.701. The van der Waals surface area contributed by atoms with Gasteiger partial charge in [0.1, 0.15) is 11.5 Å². The SMILES string of the molecule is Cc1ccc(NC2CC3CCC2N(C(=O)c2ncccc2-c2ncc(C)cn2)C3)nc1.